The van der Waals surface area contributed by atoms with Crippen molar-refractivity contribution in [1.29, 1.82) is 0 Å². The molecule has 3 heterocycles. The van der Waals surface area contributed by atoms with Crippen LogP contribution in [0, 0.1) is 5.82 Å². The van der Waals surface area contributed by atoms with Crippen molar-refractivity contribution in [2.45, 2.75) is 63.1 Å². The summed E-state index contributed by atoms with van der Waals surface area (Å²) < 4.78 is 26.5. The summed E-state index contributed by atoms with van der Waals surface area (Å²) in [7, 11) is 0. The number of fused-ring (bicyclic) bond motifs is 2. The second-order valence-corrected chi connectivity index (χ2v) is 9.69. The fourth-order valence-corrected chi connectivity index (χ4v) is 5.51. The number of benzene rings is 2. The molecule has 2 saturated heterocycles. The Morgan fingerprint density at radius 1 is 1.06 bits per heavy atom. The van der Waals surface area contributed by atoms with Gasteiger partial charge in [0.2, 0.25) is 5.91 Å². The van der Waals surface area contributed by atoms with E-state index in [-0.39, 0.29) is 36.6 Å². The lowest BCUT2D eigenvalue weighted by molar-refractivity contribution is -0.161. The molecule has 2 aromatic carbocycles. The predicted octanol–water partition coefficient (Wildman–Crippen LogP) is 2.91. The van der Waals surface area contributed by atoms with Crippen molar-refractivity contribution < 1.29 is 23.8 Å². The second-order valence-electron chi connectivity index (χ2n) is 9.69. The van der Waals surface area contributed by atoms with Crippen LogP contribution in [0.15, 0.2) is 48.5 Å². The minimum Gasteiger partial charge on any atom is -0.389 e. The molecule has 0 aromatic heterocycles. The summed E-state index contributed by atoms with van der Waals surface area (Å²) in [5.74, 6) is -0.112. The summed E-state index contributed by atoms with van der Waals surface area (Å²) in [5, 5.41) is 10.4. The Balaban J connectivity index is 1.23. The highest BCUT2D eigenvalue weighted by Gasteiger charge is 2.38. The van der Waals surface area contributed by atoms with E-state index in [1.807, 2.05) is 23.1 Å². The van der Waals surface area contributed by atoms with Crippen LogP contribution in [-0.2, 0) is 33.8 Å². The van der Waals surface area contributed by atoms with Crippen LogP contribution in [0.1, 0.15) is 36.0 Å². The monoisotopic (exact) mass is 468 g/mol. The van der Waals surface area contributed by atoms with Crippen molar-refractivity contribution in [3.05, 3.63) is 71.0 Å². The van der Waals surface area contributed by atoms with Crippen molar-refractivity contribution in [1.82, 2.24) is 9.80 Å². The molecule has 5 rings (SSSR count). The number of carbonyl (C=O) groups is 1. The first-order valence-corrected chi connectivity index (χ1v) is 12.3. The molecule has 6 nitrogen and oxygen atoms in total. The first kappa shape index (κ1) is 23.4. The molecule has 0 saturated carbocycles. The number of nitrogens with zero attached hydrogens (tertiary/aromatic N) is 2. The van der Waals surface area contributed by atoms with E-state index in [0.717, 1.165) is 25.8 Å². The number of β-amino-alcohol motifs (C(OH)–C–C–N with tert-alkyl or cyclic N) is 1. The smallest absolute Gasteiger partial charge is 0.225 e. The van der Waals surface area contributed by atoms with Gasteiger partial charge >= 0.3 is 0 Å². The topological polar surface area (TPSA) is 62.2 Å². The molecule has 0 bridgehead atoms. The highest BCUT2D eigenvalue weighted by Crippen LogP contribution is 2.30. The molecule has 2 fully saturated rings. The van der Waals surface area contributed by atoms with Gasteiger partial charge in [-0.15, -0.1) is 0 Å². The van der Waals surface area contributed by atoms with Crippen LogP contribution in [0.4, 0.5) is 4.39 Å². The molecule has 34 heavy (non-hydrogen) atoms. The van der Waals surface area contributed by atoms with Crippen LogP contribution in [0.25, 0.3) is 0 Å². The Bertz CT molecular complexity index is 1000. The maximum atomic E-state index is 14.3. The lowest BCUT2D eigenvalue weighted by Crippen LogP contribution is -2.55. The van der Waals surface area contributed by atoms with Gasteiger partial charge in [-0.25, -0.2) is 4.39 Å². The van der Waals surface area contributed by atoms with Crippen LogP contribution in [0.3, 0.4) is 0 Å². The molecular formula is C27H33FN2O4. The van der Waals surface area contributed by atoms with Gasteiger partial charge in [-0.05, 0) is 36.5 Å². The lowest BCUT2D eigenvalue weighted by atomic mass is 9.93. The highest BCUT2D eigenvalue weighted by atomic mass is 19.1. The van der Waals surface area contributed by atoms with Gasteiger partial charge in [0.05, 0.1) is 37.9 Å². The van der Waals surface area contributed by atoms with Crippen molar-refractivity contribution in [2.75, 3.05) is 26.3 Å². The summed E-state index contributed by atoms with van der Waals surface area (Å²) in [6.45, 7) is 2.78. The number of hydrogen-bond donors (Lipinski definition) is 1. The molecule has 1 N–H and O–H groups in total. The third-order valence-electron chi connectivity index (χ3n) is 7.30. The van der Waals surface area contributed by atoms with Crippen LogP contribution < -0.4 is 0 Å². The second kappa shape index (κ2) is 10.5. The quantitative estimate of drug-likeness (QED) is 0.748. The van der Waals surface area contributed by atoms with E-state index >= 15 is 0 Å². The molecule has 2 aromatic rings. The Morgan fingerprint density at radius 3 is 2.71 bits per heavy atom. The first-order chi connectivity index (χ1) is 16.6. The Morgan fingerprint density at radius 2 is 1.85 bits per heavy atom. The number of rotatable bonds is 4. The molecule has 0 spiro atoms. The maximum absolute atomic E-state index is 14.3. The van der Waals surface area contributed by atoms with Crippen LogP contribution >= 0.6 is 0 Å². The van der Waals surface area contributed by atoms with Gasteiger partial charge in [0.25, 0.3) is 0 Å². The SMILES string of the molecule is O=C(C[C@H]1CC[C@@H]2[C@H](COC[C@H](O)CN2Cc2ccccc2F)O1)N1CCc2ccccc2C1. The fourth-order valence-electron chi connectivity index (χ4n) is 5.51. The van der Waals surface area contributed by atoms with E-state index in [1.165, 1.54) is 17.2 Å². The van der Waals surface area contributed by atoms with Crippen molar-refractivity contribution in [3.63, 3.8) is 0 Å². The van der Waals surface area contributed by atoms with Crippen molar-refractivity contribution in [2.24, 2.45) is 0 Å². The number of aliphatic hydroxyl groups excluding tert-OH is 1. The van der Waals surface area contributed by atoms with Gasteiger partial charge in [-0.2, -0.15) is 0 Å². The Kier molecular flexibility index (Phi) is 7.25. The minimum absolute atomic E-state index is 0.00257. The lowest BCUT2D eigenvalue weighted by Gasteiger charge is -2.44. The van der Waals surface area contributed by atoms with Gasteiger partial charge in [-0.3, -0.25) is 9.69 Å². The third kappa shape index (κ3) is 5.33. The van der Waals surface area contributed by atoms with E-state index in [1.54, 1.807) is 12.1 Å². The van der Waals surface area contributed by atoms with Gasteiger partial charge in [0.1, 0.15) is 5.82 Å². The van der Waals surface area contributed by atoms with Gasteiger partial charge in [0, 0.05) is 37.8 Å². The summed E-state index contributed by atoms with van der Waals surface area (Å²) in [5.41, 5.74) is 3.16. The maximum Gasteiger partial charge on any atom is 0.225 e. The number of amides is 1. The molecule has 1 amide bonds. The van der Waals surface area contributed by atoms with Crippen LogP contribution in [-0.4, -0.2) is 71.5 Å². The van der Waals surface area contributed by atoms with E-state index in [2.05, 4.69) is 17.0 Å². The summed E-state index contributed by atoms with van der Waals surface area (Å²) in [6, 6.07) is 15.1. The number of halogens is 1. The third-order valence-corrected chi connectivity index (χ3v) is 7.30. The molecular weight excluding hydrogens is 435 g/mol. The van der Waals surface area contributed by atoms with E-state index < -0.39 is 6.10 Å². The normalized spacial score (nSPS) is 27.9. The van der Waals surface area contributed by atoms with Crippen LogP contribution in [0.2, 0.25) is 0 Å². The number of aliphatic hydroxyl groups is 1. The first-order valence-electron chi connectivity index (χ1n) is 12.3. The van der Waals surface area contributed by atoms with Gasteiger partial charge in [0.15, 0.2) is 0 Å². The average molecular weight is 469 g/mol. The summed E-state index contributed by atoms with van der Waals surface area (Å²) in [4.78, 5) is 17.1. The predicted molar refractivity (Wildman–Crippen MR) is 125 cm³/mol. The van der Waals surface area contributed by atoms with Crippen molar-refractivity contribution >= 4 is 5.91 Å². The molecule has 3 aliphatic rings. The molecule has 3 aliphatic heterocycles. The average Bonchev–Trinajstić information content (AvgIpc) is 2.84. The largest absolute Gasteiger partial charge is 0.389 e. The van der Waals surface area contributed by atoms with Gasteiger partial charge in [-0.1, -0.05) is 42.5 Å². The Hall–Kier alpha value is -2.32. The minimum atomic E-state index is -0.631. The number of carbonyl (C=O) groups excluding carboxylic acids is 1. The highest BCUT2D eigenvalue weighted by molar-refractivity contribution is 5.77. The molecule has 0 unspecified atom stereocenters. The number of ether oxygens (including phenoxy) is 2. The summed E-state index contributed by atoms with van der Waals surface area (Å²) >= 11 is 0. The van der Waals surface area contributed by atoms with Crippen molar-refractivity contribution in [3.8, 4) is 0 Å². The summed E-state index contributed by atoms with van der Waals surface area (Å²) in [6.07, 6.45) is 1.81. The standard InChI is InChI=1S/C27H33FN2O4/c28-24-8-4-3-7-21(24)15-30-16-22(31)17-33-18-26-25(30)10-9-23(34-26)13-27(32)29-12-11-19-5-1-2-6-20(19)14-29/h1-8,22-23,25-26,31H,9-18H2/t22-,23-,25-,26+/m1/s1. The number of hydrogen-bond acceptors (Lipinski definition) is 5. The molecule has 182 valence electrons. The zero-order valence-corrected chi connectivity index (χ0v) is 19.4. The van der Waals surface area contributed by atoms with E-state index in [9.17, 15) is 14.3 Å². The zero-order valence-electron chi connectivity index (χ0n) is 19.4. The molecule has 7 heteroatoms. The fraction of sp³-hybridized carbons (Fsp3) is 0.519. The van der Waals surface area contributed by atoms with Crippen LogP contribution in [0.5, 0.6) is 0 Å². The molecule has 0 aliphatic carbocycles. The zero-order chi connectivity index (χ0) is 23.5. The Labute approximate surface area is 200 Å². The van der Waals surface area contributed by atoms with E-state index in [0.29, 0.717) is 38.2 Å². The molecule has 4 atom stereocenters. The van der Waals surface area contributed by atoms with E-state index in [4.69, 9.17) is 9.47 Å². The molecule has 0 radical (unpaired) electrons. The van der Waals surface area contributed by atoms with Gasteiger partial charge < -0.3 is 19.5 Å².